The molecular formula is C8H8O3. The number of aromatic hydroxyl groups is 1. The van der Waals surface area contributed by atoms with E-state index in [1.807, 2.05) is 0 Å². The Morgan fingerprint density at radius 2 is 1.82 bits per heavy atom. The summed E-state index contributed by atoms with van der Waals surface area (Å²) in [5.41, 5.74) is 0.408. The van der Waals surface area contributed by atoms with Crippen LogP contribution in [-0.2, 0) is 0 Å². The molecule has 0 aliphatic heterocycles. The van der Waals surface area contributed by atoms with E-state index < -0.39 is 6.61 Å². The SMILES string of the molecule is O=C(CO)c1ccc(O)cc1. The Balaban J connectivity index is 2.90. The lowest BCUT2D eigenvalue weighted by Crippen LogP contribution is -2.03. The summed E-state index contributed by atoms with van der Waals surface area (Å²) in [6, 6.07) is 5.74. The van der Waals surface area contributed by atoms with Gasteiger partial charge in [0.1, 0.15) is 12.4 Å². The second kappa shape index (κ2) is 3.16. The average molecular weight is 152 g/mol. The van der Waals surface area contributed by atoms with Crippen LogP contribution in [0.1, 0.15) is 10.4 Å². The first-order valence-electron chi connectivity index (χ1n) is 3.17. The van der Waals surface area contributed by atoms with Gasteiger partial charge in [0.15, 0.2) is 5.78 Å². The maximum atomic E-state index is 10.8. The van der Waals surface area contributed by atoms with Crippen LogP contribution in [0.5, 0.6) is 5.75 Å². The van der Waals surface area contributed by atoms with Crippen LogP contribution in [0.2, 0.25) is 0 Å². The molecule has 2 N–H and O–H groups in total. The molecule has 0 amide bonds. The zero-order chi connectivity index (χ0) is 8.27. The van der Waals surface area contributed by atoms with Crippen molar-refractivity contribution in [2.45, 2.75) is 0 Å². The smallest absolute Gasteiger partial charge is 0.188 e. The number of hydrogen-bond donors (Lipinski definition) is 2. The normalized spacial score (nSPS) is 9.55. The predicted octanol–water partition coefficient (Wildman–Crippen LogP) is 0.567. The first-order valence-corrected chi connectivity index (χ1v) is 3.17. The van der Waals surface area contributed by atoms with E-state index in [2.05, 4.69) is 0 Å². The molecular weight excluding hydrogens is 144 g/mol. The molecule has 0 saturated carbocycles. The van der Waals surface area contributed by atoms with Crippen LogP contribution in [0.15, 0.2) is 24.3 Å². The first-order chi connectivity index (χ1) is 5.24. The van der Waals surface area contributed by atoms with Crippen LogP contribution in [0.25, 0.3) is 0 Å². The van der Waals surface area contributed by atoms with Crippen molar-refractivity contribution in [3.05, 3.63) is 29.8 Å². The summed E-state index contributed by atoms with van der Waals surface area (Å²) < 4.78 is 0. The molecule has 1 rings (SSSR count). The number of carbonyl (C=O) groups excluding carboxylic acids is 1. The third-order valence-corrected chi connectivity index (χ3v) is 1.33. The number of aliphatic hydroxyl groups excluding tert-OH is 1. The lowest BCUT2D eigenvalue weighted by Gasteiger charge is -1.95. The van der Waals surface area contributed by atoms with Gasteiger partial charge in [-0.05, 0) is 24.3 Å². The third-order valence-electron chi connectivity index (χ3n) is 1.33. The zero-order valence-electron chi connectivity index (χ0n) is 5.82. The van der Waals surface area contributed by atoms with Crippen molar-refractivity contribution in [1.82, 2.24) is 0 Å². The maximum Gasteiger partial charge on any atom is 0.188 e. The molecule has 0 bridgehead atoms. The molecule has 11 heavy (non-hydrogen) atoms. The van der Waals surface area contributed by atoms with E-state index in [1.165, 1.54) is 24.3 Å². The van der Waals surface area contributed by atoms with Gasteiger partial charge in [-0.3, -0.25) is 4.79 Å². The van der Waals surface area contributed by atoms with Crippen LogP contribution in [0, 0.1) is 0 Å². The van der Waals surface area contributed by atoms with Crippen molar-refractivity contribution in [3.8, 4) is 5.75 Å². The third kappa shape index (κ3) is 1.78. The molecule has 0 radical (unpaired) electrons. The lowest BCUT2D eigenvalue weighted by atomic mass is 10.1. The molecule has 0 saturated heterocycles. The molecule has 0 unspecified atom stereocenters. The van der Waals surface area contributed by atoms with E-state index in [9.17, 15) is 4.79 Å². The Morgan fingerprint density at radius 1 is 1.27 bits per heavy atom. The second-order valence-corrected chi connectivity index (χ2v) is 2.13. The van der Waals surface area contributed by atoms with Gasteiger partial charge in [0, 0.05) is 5.56 Å². The summed E-state index contributed by atoms with van der Waals surface area (Å²) in [5, 5.41) is 17.3. The van der Waals surface area contributed by atoms with Gasteiger partial charge in [-0.25, -0.2) is 0 Å². The van der Waals surface area contributed by atoms with Gasteiger partial charge in [0.05, 0.1) is 0 Å². The Kier molecular flexibility index (Phi) is 2.23. The minimum absolute atomic E-state index is 0.111. The molecule has 58 valence electrons. The Bertz CT molecular complexity index is 251. The van der Waals surface area contributed by atoms with Crippen molar-refractivity contribution in [1.29, 1.82) is 0 Å². The Morgan fingerprint density at radius 3 is 2.27 bits per heavy atom. The molecule has 0 aliphatic carbocycles. The van der Waals surface area contributed by atoms with Gasteiger partial charge >= 0.3 is 0 Å². The molecule has 0 aliphatic rings. The number of benzene rings is 1. The van der Waals surface area contributed by atoms with Crippen molar-refractivity contribution >= 4 is 5.78 Å². The highest BCUT2D eigenvalue weighted by molar-refractivity contribution is 5.96. The fourth-order valence-electron chi connectivity index (χ4n) is 0.739. The van der Waals surface area contributed by atoms with E-state index >= 15 is 0 Å². The largest absolute Gasteiger partial charge is 0.508 e. The van der Waals surface area contributed by atoms with Crippen LogP contribution < -0.4 is 0 Å². The van der Waals surface area contributed by atoms with Crippen LogP contribution in [0.4, 0.5) is 0 Å². The first kappa shape index (κ1) is 7.75. The van der Waals surface area contributed by atoms with Gasteiger partial charge < -0.3 is 10.2 Å². The number of phenolic OH excluding ortho intramolecular Hbond substituents is 1. The number of Topliss-reactive ketones (excluding diaryl/α,β-unsaturated/α-hetero) is 1. The van der Waals surface area contributed by atoms with Gasteiger partial charge in [0.2, 0.25) is 0 Å². The summed E-state index contributed by atoms with van der Waals surface area (Å²) in [6.07, 6.45) is 0. The van der Waals surface area contributed by atoms with Crippen molar-refractivity contribution in [3.63, 3.8) is 0 Å². The molecule has 0 aromatic heterocycles. The summed E-state index contributed by atoms with van der Waals surface area (Å²) in [4.78, 5) is 10.8. The van der Waals surface area contributed by atoms with E-state index in [4.69, 9.17) is 10.2 Å². The molecule has 0 fully saturated rings. The highest BCUT2D eigenvalue weighted by Gasteiger charge is 2.01. The summed E-state index contributed by atoms with van der Waals surface area (Å²) >= 11 is 0. The number of phenols is 1. The van der Waals surface area contributed by atoms with Crippen LogP contribution >= 0.6 is 0 Å². The van der Waals surface area contributed by atoms with E-state index in [1.54, 1.807) is 0 Å². The molecule has 0 heterocycles. The number of rotatable bonds is 2. The summed E-state index contributed by atoms with van der Waals surface area (Å²) in [6.45, 7) is -0.495. The standard InChI is InChI=1S/C8H8O3/c9-5-8(11)6-1-3-7(10)4-2-6/h1-4,9-10H,5H2. The second-order valence-electron chi connectivity index (χ2n) is 2.13. The molecule has 0 atom stereocenters. The fraction of sp³-hybridized carbons (Fsp3) is 0.125. The minimum Gasteiger partial charge on any atom is -0.508 e. The minimum atomic E-state index is -0.495. The molecule has 3 nitrogen and oxygen atoms in total. The number of ketones is 1. The monoisotopic (exact) mass is 152 g/mol. The summed E-state index contributed by atoms with van der Waals surface area (Å²) in [7, 11) is 0. The molecule has 1 aromatic rings. The Labute approximate surface area is 63.9 Å². The highest BCUT2D eigenvalue weighted by Crippen LogP contribution is 2.09. The maximum absolute atomic E-state index is 10.8. The molecule has 1 aromatic carbocycles. The van der Waals surface area contributed by atoms with E-state index in [0.29, 0.717) is 5.56 Å². The van der Waals surface area contributed by atoms with E-state index in [0.717, 1.165) is 0 Å². The summed E-state index contributed by atoms with van der Waals surface area (Å²) in [5.74, 6) is -0.232. The van der Waals surface area contributed by atoms with Crippen molar-refractivity contribution in [2.75, 3.05) is 6.61 Å². The molecule has 3 heteroatoms. The molecule has 0 spiro atoms. The Hall–Kier alpha value is -1.35. The average Bonchev–Trinajstić information content (AvgIpc) is 2.05. The van der Waals surface area contributed by atoms with Crippen LogP contribution in [-0.4, -0.2) is 22.6 Å². The number of hydrogen-bond acceptors (Lipinski definition) is 3. The van der Waals surface area contributed by atoms with Crippen molar-refractivity contribution < 1.29 is 15.0 Å². The zero-order valence-corrected chi connectivity index (χ0v) is 5.82. The van der Waals surface area contributed by atoms with E-state index in [-0.39, 0.29) is 11.5 Å². The van der Waals surface area contributed by atoms with Gasteiger partial charge in [-0.2, -0.15) is 0 Å². The van der Waals surface area contributed by atoms with Crippen molar-refractivity contribution in [2.24, 2.45) is 0 Å². The predicted molar refractivity (Wildman–Crippen MR) is 39.5 cm³/mol. The fourth-order valence-corrected chi connectivity index (χ4v) is 0.739. The van der Waals surface area contributed by atoms with Crippen LogP contribution in [0.3, 0.4) is 0 Å². The highest BCUT2D eigenvalue weighted by atomic mass is 16.3. The quantitative estimate of drug-likeness (QED) is 0.609. The number of aliphatic hydroxyl groups is 1. The van der Waals surface area contributed by atoms with Gasteiger partial charge in [-0.15, -0.1) is 0 Å². The number of carbonyl (C=O) groups is 1. The lowest BCUT2D eigenvalue weighted by molar-refractivity contribution is 0.0904. The van der Waals surface area contributed by atoms with Gasteiger partial charge in [0.25, 0.3) is 0 Å². The van der Waals surface area contributed by atoms with Gasteiger partial charge in [-0.1, -0.05) is 0 Å². The topological polar surface area (TPSA) is 57.5 Å².